The number of thiophene rings is 1. The molecule has 2 rings (SSSR count). The molecule has 0 spiro atoms. The van der Waals surface area contributed by atoms with E-state index in [1.807, 2.05) is 20.8 Å². The number of carbonyl (C=O) groups excluding carboxylic acids is 1. The summed E-state index contributed by atoms with van der Waals surface area (Å²) < 4.78 is 42.7. The molecule has 0 saturated carbocycles. The summed E-state index contributed by atoms with van der Waals surface area (Å²) in [6, 6.07) is 7.01. The number of hydrogen-bond acceptors (Lipinski definition) is 5. The summed E-state index contributed by atoms with van der Waals surface area (Å²) in [5, 5.41) is 0.609. The van der Waals surface area contributed by atoms with Gasteiger partial charge in [0.1, 0.15) is 5.00 Å². The average Bonchev–Trinajstić information content (AvgIpc) is 2.72. The van der Waals surface area contributed by atoms with E-state index in [-0.39, 0.29) is 21.3 Å². The molecule has 1 amide bonds. The van der Waals surface area contributed by atoms with Crippen LogP contribution in [0.25, 0.3) is 10.1 Å². The quantitative estimate of drug-likeness (QED) is 0.660. The molecule has 0 unspecified atom stereocenters. The van der Waals surface area contributed by atoms with Gasteiger partial charge < -0.3 is 4.74 Å². The van der Waals surface area contributed by atoms with Crippen molar-refractivity contribution in [3.8, 4) is 0 Å². The molecule has 1 heterocycles. The maximum atomic E-state index is 13.7. The Kier molecular flexibility index (Phi) is 5.03. The first-order valence-corrected chi connectivity index (χ1v) is 9.54. The number of carbonyl (C=O) groups is 1. The Morgan fingerprint density at radius 2 is 1.96 bits per heavy atom. The lowest BCUT2D eigenvalue weighted by molar-refractivity contribution is 0.115. The third-order valence-electron chi connectivity index (χ3n) is 2.71. The summed E-state index contributed by atoms with van der Waals surface area (Å²) in [7, 11) is -5.32. The van der Waals surface area contributed by atoms with Gasteiger partial charge in [0, 0.05) is 10.1 Å². The van der Waals surface area contributed by atoms with Crippen LogP contribution in [0.3, 0.4) is 0 Å². The zero-order chi connectivity index (χ0) is 17.4. The fraction of sp³-hybridized carbons (Fsp3) is 0.357. The van der Waals surface area contributed by atoms with Crippen LogP contribution in [0, 0.1) is 5.41 Å². The van der Waals surface area contributed by atoms with E-state index >= 15 is 0 Å². The second kappa shape index (κ2) is 6.37. The van der Waals surface area contributed by atoms with Crippen LogP contribution in [-0.2, 0) is 15.1 Å². The van der Waals surface area contributed by atoms with E-state index in [2.05, 4.69) is 15.9 Å². The number of amides is 1. The van der Waals surface area contributed by atoms with Crippen molar-refractivity contribution in [2.24, 2.45) is 5.41 Å². The SMILES string of the molecule is CC(C)(C)COC(=O)N(c1sc2ccccc2c1Br)S(=O)(=O)F. The first kappa shape index (κ1) is 18.2. The molecule has 23 heavy (non-hydrogen) atoms. The van der Waals surface area contributed by atoms with E-state index in [9.17, 15) is 17.1 Å². The van der Waals surface area contributed by atoms with Crippen molar-refractivity contribution >= 4 is 58.9 Å². The van der Waals surface area contributed by atoms with Crippen molar-refractivity contribution in [3.63, 3.8) is 0 Å². The zero-order valence-corrected chi connectivity index (χ0v) is 15.9. The van der Waals surface area contributed by atoms with Crippen LogP contribution in [-0.4, -0.2) is 21.1 Å². The number of hydrogen-bond donors (Lipinski definition) is 0. The van der Waals surface area contributed by atoms with Crippen molar-refractivity contribution in [1.29, 1.82) is 0 Å². The van der Waals surface area contributed by atoms with Gasteiger partial charge in [0.15, 0.2) is 0 Å². The van der Waals surface area contributed by atoms with E-state index in [4.69, 9.17) is 4.74 Å². The molecule has 126 valence electrons. The highest BCUT2D eigenvalue weighted by atomic mass is 79.9. The molecule has 0 aliphatic heterocycles. The molecule has 0 fully saturated rings. The molecule has 0 aliphatic carbocycles. The Morgan fingerprint density at radius 1 is 1.35 bits per heavy atom. The largest absolute Gasteiger partial charge is 0.448 e. The summed E-state index contributed by atoms with van der Waals surface area (Å²) in [4.78, 5) is 12.1. The van der Waals surface area contributed by atoms with Crippen LogP contribution in [0.1, 0.15) is 20.8 Å². The van der Waals surface area contributed by atoms with E-state index in [0.29, 0.717) is 14.6 Å². The average molecular weight is 424 g/mol. The van der Waals surface area contributed by atoms with Crippen LogP contribution in [0.5, 0.6) is 0 Å². The van der Waals surface area contributed by atoms with Crippen LogP contribution in [0.2, 0.25) is 0 Å². The Labute approximate surface area is 146 Å². The fourth-order valence-corrected chi connectivity index (χ4v) is 4.65. The number of benzene rings is 1. The minimum Gasteiger partial charge on any atom is -0.448 e. The Morgan fingerprint density at radius 3 is 2.48 bits per heavy atom. The normalized spacial score (nSPS) is 12.4. The lowest BCUT2D eigenvalue weighted by Crippen LogP contribution is -2.36. The predicted molar refractivity (Wildman–Crippen MR) is 92.8 cm³/mol. The summed E-state index contributed by atoms with van der Waals surface area (Å²) >= 11 is 4.21. The van der Waals surface area contributed by atoms with Gasteiger partial charge in [0.2, 0.25) is 0 Å². The monoisotopic (exact) mass is 423 g/mol. The molecule has 1 aromatic heterocycles. The third-order valence-corrected chi connectivity index (χ3v) is 5.82. The first-order valence-electron chi connectivity index (χ1n) is 6.59. The molecular weight excluding hydrogens is 409 g/mol. The number of fused-ring (bicyclic) bond motifs is 1. The first-order chi connectivity index (χ1) is 10.5. The van der Waals surface area contributed by atoms with Gasteiger partial charge in [-0.15, -0.1) is 15.6 Å². The van der Waals surface area contributed by atoms with Crippen LogP contribution in [0.15, 0.2) is 28.7 Å². The summed E-state index contributed by atoms with van der Waals surface area (Å²) in [6.07, 6.45) is -1.27. The molecular formula is C14H15BrFNO4S2. The van der Waals surface area contributed by atoms with Gasteiger partial charge in [-0.25, -0.2) is 4.79 Å². The minimum atomic E-state index is -5.32. The van der Waals surface area contributed by atoms with E-state index in [1.54, 1.807) is 24.3 Å². The highest BCUT2D eigenvalue weighted by molar-refractivity contribution is 9.10. The molecule has 0 bridgehead atoms. The Bertz CT molecular complexity index is 842. The van der Waals surface area contributed by atoms with Gasteiger partial charge in [-0.05, 0) is 27.4 Å². The second-order valence-corrected chi connectivity index (χ2v) is 9.05. The van der Waals surface area contributed by atoms with Crippen molar-refractivity contribution in [2.45, 2.75) is 20.8 Å². The maximum Gasteiger partial charge on any atom is 0.431 e. The van der Waals surface area contributed by atoms with Gasteiger partial charge in [-0.2, -0.15) is 8.42 Å². The highest BCUT2D eigenvalue weighted by Crippen LogP contribution is 2.43. The second-order valence-electron chi connectivity index (χ2n) is 6.04. The zero-order valence-electron chi connectivity index (χ0n) is 12.7. The fourth-order valence-electron chi connectivity index (χ4n) is 1.74. The van der Waals surface area contributed by atoms with E-state index in [1.165, 1.54) is 0 Å². The molecule has 0 atom stereocenters. The highest BCUT2D eigenvalue weighted by Gasteiger charge is 2.35. The van der Waals surface area contributed by atoms with Gasteiger partial charge >= 0.3 is 16.5 Å². The Hall–Kier alpha value is -1.19. The molecule has 0 radical (unpaired) electrons. The third kappa shape index (κ3) is 4.21. The van der Waals surface area contributed by atoms with E-state index < -0.39 is 16.5 Å². The van der Waals surface area contributed by atoms with Gasteiger partial charge in [-0.3, -0.25) is 0 Å². The van der Waals surface area contributed by atoms with Gasteiger partial charge in [0.25, 0.3) is 0 Å². The Balaban J connectivity index is 2.46. The number of anilines is 1. The molecule has 5 nitrogen and oxygen atoms in total. The van der Waals surface area contributed by atoms with E-state index in [0.717, 1.165) is 11.3 Å². The van der Waals surface area contributed by atoms with Crippen LogP contribution < -0.4 is 4.31 Å². The van der Waals surface area contributed by atoms with Crippen molar-refractivity contribution in [2.75, 3.05) is 10.9 Å². The predicted octanol–water partition coefficient (Wildman–Crippen LogP) is 4.87. The van der Waals surface area contributed by atoms with Gasteiger partial charge in [0.05, 0.1) is 11.1 Å². The van der Waals surface area contributed by atoms with Crippen molar-refractivity contribution < 1.29 is 21.8 Å². The van der Waals surface area contributed by atoms with Crippen LogP contribution in [0.4, 0.5) is 13.7 Å². The summed E-state index contributed by atoms with van der Waals surface area (Å²) in [5.74, 6) is 0. The lowest BCUT2D eigenvalue weighted by Gasteiger charge is -2.21. The maximum absolute atomic E-state index is 13.7. The molecule has 1 aromatic carbocycles. The molecule has 9 heteroatoms. The number of nitrogens with zero attached hydrogens (tertiary/aromatic N) is 1. The number of rotatable bonds is 3. The standard InChI is InChI=1S/C14H15BrFNO4S2/c1-14(2,3)8-21-13(18)17(23(16,19)20)12-11(15)9-6-4-5-7-10(9)22-12/h4-7H,8H2,1-3H3. The van der Waals surface area contributed by atoms with Crippen molar-refractivity contribution in [1.82, 2.24) is 0 Å². The summed E-state index contributed by atoms with van der Waals surface area (Å²) in [6.45, 7) is 5.39. The number of ether oxygens (including phenoxy) is 1. The molecule has 0 aliphatic rings. The smallest absolute Gasteiger partial charge is 0.431 e. The minimum absolute atomic E-state index is 0.0413. The summed E-state index contributed by atoms with van der Waals surface area (Å²) in [5.41, 5.74) is -0.376. The van der Waals surface area contributed by atoms with Gasteiger partial charge in [-0.1, -0.05) is 42.9 Å². The number of halogens is 2. The molecule has 2 aromatic rings. The lowest BCUT2D eigenvalue weighted by atomic mass is 9.99. The molecule has 0 saturated heterocycles. The van der Waals surface area contributed by atoms with Crippen LogP contribution >= 0.6 is 27.3 Å². The van der Waals surface area contributed by atoms with Crippen molar-refractivity contribution in [3.05, 3.63) is 28.7 Å². The molecule has 0 N–H and O–H groups in total. The topological polar surface area (TPSA) is 63.7 Å².